The molecule has 4 nitrogen and oxygen atoms in total. The van der Waals surface area contributed by atoms with Gasteiger partial charge in [-0.3, -0.25) is 9.59 Å². The van der Waals surface area contributed by atoms with Crippen LogP contribution in [0.15, 0.2) is 36.5 Å². The summed E-state index contributed by atoms with van der Waals surface area (Å²) in [6.07, 6.45) is 17.5. The molecule has 26 heavy (non-hydrogen) atoms. The second-order valence-electron chi connectivity index (χ2n) is 6.88. The fourth-order valence-corrected chi connectivity index (χ4v) is 3.33. The van der Waals surface area contributed by atoms with Gasteiger partial charge in [0.25, 0.3) is 0 Å². The molecular weight excluding hydrogens is 352 g/mol. The van der Waals surface area contributed by atoms with E-state index in [0.29, 0.717) is 25.7 Å². The number of carbonyl (C=O) groups is 2. The molecule has 1 rings (SSSR count). The van der Waals surface area contributed by atoms with Crippen LogP contribution in [0.1, 0.15) is 58.3 Å². The second-order valence-corrected chi connectivity index (χ2v) is 7.32. The predicted molar refractivity (Wildman–Crippen MR) is 105 cm³/mol. The van der Waals surface area contributed by atoms with Crippen molar-refractivity contribution in [2.75, 3.05) is 0 Å². The highest BCUT2D eigenvalue weighted by Crippen LogP contribution is 2.28. The van der Waals surface area contributed by atoms with Crippen molar-refractivity contribution >= 4 is 23.4 Å². The summed E-state index contributed by atoms with van der Waals surface area (Å²) in [4.78, 5) is 22.5. The number of carboxylic acids is 1. The van der Waals surface area contributed by atoms with Gasteiger partial charge in [0.05, 0.1) is 0 Å². The van der Waals surface area contributed by atoms with Crippen molar-refractivity contribution in [1.29, 1.82) is 0 Å². The summed E-state index contributed by atoms with van der Waals surface area (Å²) in [5.41, 5.74) is -0.837. The second kappa shape index (κ2) is 12.9. The van der Waals surface area contributed by atoms with Crippen LogP contribution < -0.4 is 0 Å². The van der Waals surface area contributed by atoms with Gasteiger partial charge in [-0.1, -0.05) is 61.7 Å². The number of carboxylic acid groups (broad SMARTS) is 1. The van der Waals surface area contributed by atoms with Gasteiger partial charge in [0.1, 0.15) is 5.56 Å². The van der Waals surface area contributed by atoms with Gasteiger partial charge in [0.15, 0.2) is 5.78 Å². The molecule has 0 radical (unpaired) electrons. The number of alkyl halides is 1. The number of rotatable bonds is 13. The lowest BCUT2D eigenvalue weighted by molar-refractivity contribution is -0.137. The Bertz CT molecular complexity index is 522. The molecule has 146 valence electrons. The van der Waals surface area contributed by atoms with E-state index in [1.807, 2.05) is 30.4 Å². The van der Waals surface area contributed by atoms with Crippen molar-refractivity contribution in [3.05, 3.63) is 36.5 Å². The summed E-state index contributed by atoms with van der Waals surface area (Å²) in [5.74, 6) is -0.614. The first-order valence-corrected chi connectivity index (χ1v) is 9.97. The maximum Gasteiger partial charge on any atom is 0.303 e. The molecule has 0 fully saturated rings. The first-order chi connectivity index (χ1) is 12.5. The Hall–Kier alpha value is -1.39. The van der Waals surface area contributed by atoms with E-state index in [1.165, 1.54) is 0 Å². The molecule has 1 aliphatic carbocycles. The summed E-state index contributed by atoms with van der Waals surface area (Å²) in [7, 11) is 0. The number of hydrogen-bond donors (Lipinski definition) is 2. The van der Waals surface area contributed by atoms with Crippen molar-refractivity contribution in [3.63, 3.8) is 0 Å². The molecule has 2 unspecified atom stereocenters. The highest BCUT2D eigenvalue weighted by molar-refractivity contribution is 6.19. The fraction of sp³-hybridized carbons (Fsp3) is 0.619. The van der Waals surface area contributed by atoms with Crippen LogP contribution in [0.2, 0.25) is 0 Å². The smallest absolute Gasteiger partial charge is 0.303 e. The van der Waals surface area contributed by atoms with Gasteiger partial charge >= 0.3 is 5.97 Å². The molecular formula is C21H31ClO4. The minimum absolute atomic E-state index is 0.0431. The van der Waals surface area contributed by atoms with Crippen LogP contribution >= 0.6 is 11.6 Å². The number of aliphatic hydroxyl groups is 1. The first-order valence-electron chi connectivity index (χ1n) is 9.53. The van der Waals surface area contributed by atoms with Gasteiger partial charge in [-0.25, -0.2) is 0 Å². The third kappa shape index (κ3) is 8.81. The molecule has 0 aliphatic heterocycles. The topological polar surface area (TPSA) is 74.6 Å². The van der Waals surface area contributed by atoms with Gasteiger partial charge in [-0.05, 0) is 38.2 Å². The molecule has 0 aromatic heterocycles. The zero-order valence-corrected chi connectivity index (χ0v) is 16.3. The zero-order valence-electron chi connectivity index (χ0n) is 15.5. The SMILES string of the molecule is CCCCC(CC=C[C@H]1C=CC(=O)[C@@H]1CC=CCCCC(=O)O)C(O)Cl. The van der Waals surface area contributed by atoms with Crippen LogP contribution in [0.5, 0.6) is 0 Å². The molecule has 0 heterocycles. The van der Waals surface area contributed by atoms with E-state index in [2.05, 4.69) is 6.92 Å². The van der Waals surface area contributed by atoms with E-state index in [4.69, 9.17) is 16.7 Å². The number of carbonyl (C=O) groups excluding carboxylic acids is 1. The lowest BCUT2D eigenvalue weighted by atomic mass is 9.90. The monoisotopic (exact) mass is 382 g/mol. The van der Waals surface area contributed by atoms with E-state index in [1.54, 1.807) is 6.08 Å². The molecule has 0 spiro atoms. The van der Waals surface area contributed by atoms with Crippen LogP contribution in [0.4, 0.5) is 0 Å². The molecule has 4 atom stereocenters. The molecule has 0 aromatic carbocycles. The van der Waals surface area contributed by atoms with Gasteiger partial charge in [-0.2, -0.15) is 0 Å². The number of halogens is 1. The van der Waals surface area contributed by atoms with Crippen LogP contribution in [-0.2, 0) is 9.59 Å². The molecule has 1 aliphatic rings. The van der Waals surface area contributed by atoms with Gasteiger partial charge in [0.2, 0.25) is 0 Å². The van der Waals surface area contributed by atoms with Crippen molar-refractivity contribution in [1.82, 2.24) is 0 Å². The fourth-order valence-electron chi connectivity index (χ4n) is 3.10. The summed E-state index contributed by atoms with van der Waals surface area (Å²) in [5, 5.41) is 18.3. The molecule has 0 bridgehead atoms. The third-order valence-electron chi connectivity index (χ3n) is 4.75. The predicted octanol–water partition coefficient (Wildman–Crippen LogP) is 4.87. The maximum atomic E-state index is 12.0. The maximum absolute atomic E-state index is 12.0. The third-order valence-corrected chi connectivity index (χ3v) is 5.10. The summed E-state index contributed by atoms with van der Waals surface area (Å²) < 4.78 is 0. The molecule has 2 N–H and O–H groups in total. The highest BCUT2D eigenvalue weighted by atomic mass is 35.5. The molecule has 0 amide bonds. The standard InChI is InChI=1S/C21H31ClO4/c1-2-3-9-17(21(22)26)11-8-10-16-14-15-19(23)18(16)12-6-4-5-7-13-20(24)25/h4,6,8,10,14-18,21,26H,2-3,5,7,9,11-13H2,1H3,(H,24,25)/t16-,17?,18+,21?/m0/s1. The van der Waals surface area contributed by atoms with Crippen molar-refractivity contribution in [2.45, 2.75) is 63.9 Å². The lowest BCUT2D eigenvalue weighted by Gasteiger charge is -2.17. The molecule has 0 saturated carbocycles. The average molecular weight is 383 g/mol. The number of hydrogen-bond acceptors (Lipinski definition) is 3. The number of unbranched alkanes of at least 4 members (excludes halogenated alkanes) is 2. The first kappa shape index (κ1) is 22.7. The number of allylic oxidation sites excluding steroid dienone is 6. The molecule has 0 saturated heterocycles. The van der Waals surface area contributed by atoms with Crippen molar-refractivity contribution in [2.24, 2.45) is 17.8 Å². The lowest BCUT2D eigenvalue weighted by Crippen LogP contribution is -2.15. The zero-order chi connectivity index (χ0) is 19.4. The number of ketones is 1. The Kier molecular flexibility index (Phi) is 11.2. The summed E-state index contributed by atoms with van der Waals surface area (Å²) >= 11 is 5.86. The Labute approximate surface area is 161 Å². The Balaban J connectivity index is 2.46. The van der Waals surface area contributed by atoms with E-state index in [0.717, 1.165) is 19.3 Å². The number of aliphatic hydroxyl groups excluding tert-OH is 1. The Morgan fingerprint density at radius 2 is 2.08 bits per heavy atom. The molecule has 0 aromatic rings. The van der Waals surface area contributed by atoms with Gasteiger partial charge in [-0.15, -0.1) is 0 Å². The summed E-state index contributed by atoms with van der Waals surface area (Å²) in [6, 6.07) is 0. The van der Waals surface area contributed by atoms with Gasteiger partial charge < -0.3 is 10.2 Å². The quantitative estimate of drug-likeness (QED) is 0.271. The van der Waals surface area contributed by atoms with Crippen LogP contribution in [0.25, 0.3) is 0 Å². The Morgan fingerprint density at radius 3 is 2.73 bits per heavy atom. The van der Waals surface area contributed by atoms with Crippen LogP contribution in [-0.4, -0.2) is 27.5 Å². The minimum Gasteiger partial charge on any atom is -0.481 e. The van der Waals surface area contributed by atoms with Crippen LogP contribution in [0.3, 0.4) is 0 Å². The van der Waals surface area contributed by atoms with E-state index < -0.39 is 11.5 Å². The van der Waals surface area contributed by atoms with Gasteiger partial charge in [0, 0.05) is 24.2 Å². The minimum atomic E-state index is -0.837. The average Bonchev–Trinajstić information content (AvgIpc) is 2.93. The normalized spacial score (nSPS) is 22.5. The largest absolute Gasteiger partial charge is 0.481 e. The van der Waals surface area contributed by atoms with E-state index >= 15 is 0 Å². The van der Waals surface area contributed by atoms with E-state index in [-0.39, 0.29) is 30.0 Å². The molecule has 5 heteroatoms. The van der Waals surface area contributed by atoms with Crippen molar-refractivity contribution < 1.29 is 19.8 Å². The Morgan fingerprint density at radius 1 is 1.31 bits per heavy atom. The van der Waals surface area contributed by atoms with Crippen LogP contribution in [0, 0.1) is 17.8 Å². The van der Waals surface area contributed by atoms with Crippen molar-refractivity contribution in [3.8, 4) is 0 Å². The highest BCUT2D eigenvalue weighted by Gasteiger charge is 2.27. The number of aliphatic carboxylic acids is 1. The summed E-state index contributed by atoms with van der Waals surface area (Å²) in [6.45, 7) is 2.11. The van der Waals surface area contributed by atoms with E-state index in [9.17, 15) is 14.7 Å².